The second kappa shape index (κ2) is 7.46. The van der Waals surface area contributed by atoms with Crippen molar-refractivity contribution in [2.24, 2.45) is 5.92 Å². The molecule has 144 valence electrons. The molecule has 3 atom stereocenters. The fourth-order valence-electron chi connectivity index (χ4n) is 3.82. The van der Waals surface area contributed by atoms with Crippen LogP contribution in [-0.4, -0.2) is 26.7 Å². The summed E-state index contributed by atoms with van der Waals surface area (Å²) < 4.78 is 1.82. The zero-order valence-electron chi connectivity index (χ0n) is 16.3. The summed E-state index contributed by atoms with van der Waals surface area (Å²) in [6.45, 7) is 6.36. The molecule has 0 spiro atoms. The van der Waals surface area contributed by atoms with Crippen molar-refractivity contribution in [3.05, 3.63) is 72.1 Å². The molecule has 1 aliphatic rings. The normalized spacial score (nSPS) is 21.1. The maximum absolute atomic E-state index is 13.3. The van der Waals surface area contributed by atoms with Crippen molar-refractivity contribution in [2.75, 3.05) is 10.6 Å². The van der Waals surface area contributed by atoms with E-state index < -0.39 is 0 Å². The van der Waals surface area contributed by atoms with Crippen LogP contribution in [0.5, 0.6) is 0 Å². The quantitative estimate of drug-likeness (QED) is 0.721. The largest absolute Gasteiger partial charge is 0.351 e. The first-order valence-corrected chi connectivity index (χ1v) is 9.66. The van der Waals surface area contributed by atoms with Gasteiger partial charge in [0.05, 0.1) is 12.0 Å². The van der Waals surface area contributed by atoms with E-state index in [1.165, 1.54) is 11.9 Å². The number of amides is 1. The fraction of sp³-hybridized carbons (Fsp3) is 0.318. The molecule has 0 saturated carbocycles. The average molecular weight is 375 g/mol. The van der Waals surface area contributed by atoms with Gasteiger partial charge in [-0.3, -0.25) is 4.79 Å². The second-order valence-electron chi connectivity index (χ2n) is 7.61. The van der Waals surface area contributed by atoms with Crippen molar-refractivity contribution in [3.8, 4) is 0 Å². The molecule has 28 heavy (non-hydrogen) atoms. The number of carbonyl (C=O) groups is 1. The number of para-hydroxylation sites is 1. The van der Waals surface area contributed by atoms with Crippen molar-refractivity contribution < 1.29 is 4.79 Å². The zero-order chi connectivity index (χ0) is 19.7. The third-order valence-corrected chi connectivity index (χ3v) is 5.36. The van der Waals surface area contributed by atoms with Gasteiger partial charge in [-0.05, 0) is 36.1 Å². The number of nitrogens with one attached hydrogen (secondary N) is 2. The van der Waals surface area contributed by atoms with Crippen LogP contribution in [0.25, 0.3) is 0 Å². The monoisotopic (exact) mass is 375 g/mol. The van der Waals surface area contributed by atoms with Crippen LogP contribution in [0.3, 0.4) is 0 Å². The summed E-state index contributed by atoms with van der Waals surface area (Å²) in [6, 6.07) is 17.7. The third-order valence-electron chi connectivity index (χ3n) is 5.36. The summed E-state index contributed by atoms with van der Waals surface area (Å²) in [6.07, 6.45) is 1.53. The van der Waals surface area contributed by atoms with Crippen LogP contribution in [0.4, 0.5) is 11.6 Å². The Bertz CT molecular complexity index is 949. The number of hydrogen-bond donors (Lipinski definition) is 2. The molecule has 1 aliphatic heterocycles. The second-order valence-corrected chi connectivity index (χ2v) is 7.61. The van der Waals surface area contributed by atoms with Gasteiger partial charge in [0.15, 0.2) is 0 Å². The number of rotatable bonds is 4. The molecule has 0 bridgehead atoms. The highest BCUT2D eigenvalue weighted by atomic mass is 16.2. The maximum atomic E-state index is 13.3. The number of nitrogens with zero attached hydrogens (tertiary/aromatic N) is 3. The van der Waals surface area contributed by atoms with Crippen molar-refractivity contribution in [2.45, 2.75) is 38.8 Å². The smallest absolute Gasteiger partial charge is 0.232 e. The van der Waals surface area contributed by atoms with Crippen LogP contribution in [0.15, 0.2) is 60.9 Å². The minimum Gasteiger partial charge on any atom is -0.351 e. The number of aromatic nitrogens is 3. The van der Waals surface area contributed by atoms with Gasteiger partial charge >= 0.3 is 0 Å². The summed E-state index contributed by atoms with van der Waals surface area (Å²) in [5, 5.41) is 10.8. The van der Waals surface area contributed by atoms with E-state index in [9.17, 15) is 4.79 Å². The van der Waals surface area contributed by atoms with Crippen LogP contribution in [0, 0.1) is 5.92 Å². The molecular weight excluding hydrogens is 350 g/mol. The highest BCUT2D eigenvalue weighted by Gasteiger charge is 2.41. The molecule has 0 unspecified atom stereocenters. The number of benzene rings is 2. The lowest BCUT2D eigenvalue weighted by atomic mass is 9.84. The number of anilines is 2. The number of hydrogen-bond acceptors (Lipinski definition) is 4. The van der Waals surface area contributed by atoms with Gasteiger partial charge in [-0.25, -0.2) is 4.68 Å². The van der Waals surface area contributed by atoms with E-state index in [1.54, 1.807) is 0 Å². The van der Waals surface area contributed by atoms with Gasteiger partial charge in [0, 0.05) is 11.7 Å². The topological polar surface area (TPSA) is 71.8 Å². The van der Waals surface area contributed by atoms with Gasteiger partial charge in [0.1, 0.15) is 6.33 Å². The molecule has 2 N–H and O–H groups in total. The molecule has 0 fully saturated rings. The molecular formula is C22H25N5O. The predicted molar refractivity (Wildman–Crippen MR) is 110 cm³/mol. The third kappa shape index (κ3) is 3.38. The minimum absolute atomic E-state index is 0.0368. The van der Waals surface area contributed by atoms with Crippen molar-refractivity contribution in [1.29, 1.82) is 0 Å². The Labute approximate surface area is 165 Å². The molecule has 4 rings (SSSR count). The molecule has 0 aliphatic carbocycles. The van der Waals surface area contributed by atoms with Crippen molar-refractivity contribution >= 4 is 17.5 Å². The van der Waals surface area contributed by atoms with Crippen LogP contribution >= 0.6 is 0 Å². The number of fused-ring (bicyclic) bond motifs is 1. The predicted octanol–water partition coefficient (Wildman–Crippen LogP) is 4.06. The van der Waals surface area contributed by atoms with E-state index in [-0.39, 0.29) is 23.9 Å². The van der Waals surface area contributed by atoms with Crippen molar-refractivity contribution in [1.82, 2.24) is 14.8 Å². The molecule has 6 heteroatoms. The SMILES string of the molecule is CC(C)c1ccc([C@@H]2[C@@H](C(=O)Nc3ccccc3)[C@@H](C)Nc3ncnn32)cc1. The highest BCUT2D eigenvalue weighted by Crippen LogP contribution is 2.36. The molecule has 1 amide bonds. The average Bonchev–Trinajstić information content (AvgIpc) is 3.15. The molecule has 0 radical (unpaired) electrons. The summed E-state index contributed by atoms with van der Waals surface area (Å²) in [7, 11) is 0. The van der Waals surface area contributed by atoms with E-state index in [0.29, 0.717) is 11.9 Å². The minimum atomic E-state index is -0.334. The van der Waals surface area contributed by atoms with Gasteiger partial charge in [0.25, 0.3) is 0 Å². The maximum Gasteiger partial charge on any atom is 0.232 e. The van der Waals surface area contributed by atoms with E-state index in [1.807, 2.05) is 41.9 Å². The van der Waals surface area contributed by atoms with Gasteiger partial charge in [-0.15, -0.1) is 0 Å². The summed E-state index contributed by atoms with van der Waals surface area (Å²) in [5.41, 5.74) is 3.12. The van der Waals surface area contributed by atoms with E-state index in [0.717, 1.165) is 11.3 Å². The first kappa shape index (κ1) is 18.2. The molecule has 2 heterocycles. The van der Waals surface area contributed by atoms with Crippen LogP contribution in [0.2, 0.25) is 0 Å². The Hall–Kier alpha value is -3.15. The van der Waals surface area contributed by atoms with Crippen LogP contribution in [0.1, 0.15) is 43.9 Å². The first-order valence-electron chi connectivity index (χ1n) is 9.66. The van der Waals surface area contributed by atoms with Gasteiger partial charge in [-0.1, -0.05) is 56.3 Å². The molecule has 6 nitrogen and oxygen atoms in total. The molecule has 1 aromatic heterocycles. The lowest BCUT2D eigenvalue weighted by Gasteiger charge is -2.37. The Morgan fingerprint density at radius 2 is 1.82 bits per heavy atom. The lowest BCUT2D eigenvalue weighted by molar-refractivity contribution is -0.121. The Morgan fingerprint density at radius 3 is 2.50 bits per heavy atom. The summed E-state index contributed by atoms with van der Waals surface area (Å²) in [4.78, 5) is 17.6. The molecule has 0 saturated heterocycles. The van der Waals surface area contributed by atoms with Gasteiger partial charge < -0.3 is 10.6 Å². The van der Waals surface area contributed by atoms with Crippen molar-refractivity contribution in [3.63, 3.8) is 0 Å². The van der Waals surface area contributed by atoms with Crippen LogP contribution in [-0.2, 0) is 4.79 Å². The summed E-state index contributed by atoms with van der Waals surface area (Å²) in [5.74, 6) is 0.777. The van der Waals surface area contributed by atoms with Crippen LogP contribution < -0.4 is 10.6 Å². The standard InChI is InChI=1S/C22H25N5O/c1-14(2)16-9-11-17(12-10-16)20-19(15(3)25-22-23-13-24-27(20)22)21(28)26-18-7-5-4-6-8-18/h4-15,19-20H,1-3H3,(H,26,28)(H,23,24,25)/t15-,19+,20-/m1/s1. The number of carbonyl (C=O) groups excluding carboxylic acids is 1. The van der Waals surface area contributed by atoms with E-state index in [4.69, 9.17) is 0 Å². The lowest BCUT2D eigenvalue weighted by Crippen LogP contribution is -2.46. The Kier molecular flexibility index (Phi) is 4.86. The highest BCUT2D eigenvalue weighted by molar-refractivity contribution is 5.94. The Balaban J connectivity index is 1.71. The van der Waals surface area contributed by atoms with Gasteiger partial charge in [0.2, 0.25) is 11.9 Å². The first-order chi connectivity index (χ1) is 13.5. The zero-order valence-corrected chi connectivity index (χ0v) is 16.3. The summed E-state index contributed by atoms with van der Waals surface area (Å²) >= 11 is 0. The van der Waals surface area contributed by atoms with E-state index in [2.05, 4.69) is 58.8 Å². The van der Waals surface area contributed by atoms with Gasteiger partial charge in [-0.2, -0.15) is 10.1 Å². The molecule has 2 aromatic carbocycles. The Morgan fingerprint density at radius 1 is 1.11 bits per heavy atom. The fourth-order valence-corrected chi connectivity index (χ4v) is 3.82. The molecule has 3 aromatic rings. The van der Waals surface area contributed by atoms with E-state index >= 15 is 0 Å².